The molecule has 0 bridgehead atoms. The number of rotatable bonds is 1. The molecule has 1 aliphatic carbocycles. The summed E-state index contributed by atoms with van der Waals surface area (Å²) in [5.41, 5.74) is -0.684. The molecule has 0 radical (unpaired) electrons. The van der Waals surface area contributed by atoms with Gasteiger partial charge in [-0.15, -0.1) is 0 Å². The van der Waals surface area contributed by atoms with Gasteiger partial charge in [0.2, 0.25) is 0 Å². The summed E-state index contributed by atoms with van der Waals surface area (Å²) >= 11 is 0. The van der Waals surface area contributed by atoms with E-state index in [9.17, 15) is 9.90 Å². The summed E-state index contributed by atoms with van der Waals surface area (Å²) in [5.74, 6) is 0. The molecule has 2 aliphatic rings. The Kier molecular flexibility index (Phi) is 2.39. The molecule has 0 aromatic heterocycles. The fourth-order valence-corrected chi connectivity index (χ4v) is 1.94. The van der Waals surface area contributed by atoms with Gasteiger partial charge in [0.05, 0.1) is 12.1 Å². The molecule has 0 spiro atoms. The van der Waals surface area contributed by atoms with Gasteiger partial charge in [0.1, 0.15) is 0 Å². The molecule has 2 rings (SSSR count). The smallest absolute Gasteiger partial charge is 0.317 e. The first-order valence-electron chi connectivity index (χ1n) is 5.35. The van der Waals surface area contributed by atoms with E-state index in [0.29, 0.717) is 25.6 Å². The summed E-state index contributed by atoms with van der Waals surface area (Å²) in [6.07, 6.45) is 4.12. The molecule has 2 amide bonds. The first kappa shape index (κ1) is 9.77. The summed E-state index contributed by atoms with van der Waals surface area (Å²) in [6.45, 7) is 2.92. The van der Waals surface area contributed by atoms with Crippen LogP contribution in [0.5, 0.6) is 0 Å². The second kappa shape index (κ2) is 3.42. The van der Waals surface area contributed by atoms with Gasteiger partial charge in [0.25, 0.3) is 0 Å². The van der Waals surface area contributed by atoms with Gasteiger partial charge in [-0.25, -0.2) is 4.79 Å². The van der Waals surface area contributed by atoms with Gasteiger partial charge in [0.15, 0.2) is 0 Å². The number of urea groups is 1. The summed E-state index contributed by atoms with van der Waals surface area (Å²) in [5, 5.41) is 12.7. The molecule has 14 heavy (non-hydrogen) atoms. The lowest BCUT2D eigenvalue weighted by molar-refractivity contribution is 0.0715. The van der Waals surface area contributed by atoms with Gasteiger partial charge in [-0.1, -0.05) is 0 Å². The van der Waals surface area contributed by atoms with Crippen LogP contribution < -0.4 is 5.32 Å². The molecule has 1 aliphatic heterocycles. The van der Waals surface area contributed by atoms with Crippen molar-refractivity contribution in [2.75, 3.05) is 13.1 Å². The zero-order valence-electron chi connectivity index (χ0n) is 8.62. The number of nitrogens with zero attached hydrogens (tertiary/aromatic N) is 1. The van der Waals surface area contributed by atoms with E-state index in [4.69, 9.17) is 0 Å². The van der Waals surface area contributed by atoms with Gasteiger partial charge in [-0.3, -0.25) is 0 Å². The second-order valence-corrected chi connectivity index (χ2v) is 4.75. The van der Waals surface area contributed by atoms with Crippen molar-refractivity contribution in [2.45, 2.75) is 44.2 Å². The highest BCUT2D eigenvalue weighted by molar-refractivity contribution is 5.75. The van der Waals surface area contributed by atoms with Crippen molar-refractivity contribution in [1.82, 2.24) is 10.2 Å². The molecule has 4 heteroatoms. The number of likely N-dealkylation sites (tertiary alicyclic amines) is 1. The lowest BCUT2D eigenvalue weighted by Gasteiger charge is -2.29. The molecule has 1 unspecified atom stereocenters. The minimum atomic E-state index is -0.684. The van der Waals surface area contributed by atoms with Gasteiger partial charge in [0, 0.05) is 12.6 Å². The average molecular weight is 198 g/mol. The standard InChI is InChI=1S/C10H18N2O2/c1-10(14)5-6-12(7-10)9(13)11-8-3-2-4-8/h8,14H,2-7H2,1H3,(H,11,13). The van der Waals surface area contributed by atoms with E-state index in [-0.39, 0.29) is 6.03 Å². The molecule has 80 valence electrons. The highest BCUT2D eigenvalue weighted by Crippen LogP contribution is 2.22. The van der Waals surface area contributed by atoms with E-state index in [1.165, 1.54) is 6.42 Å². The third-order valence-corrected chi connectivity index (χ3v) is 3.17. The van der Waals surface area contributed by atoms with Crippen LogP contribution in [0.25, 0.3) is 0 Å². The van der Waals surface area contributed by atoms with Crippen LogP contribution >= 0.6 is 0 Å². The maximum absolute atomic E-state index is 11.6. The van der Waals surface area contributed by atoms with Crippen LogP contribution in [0.3, 0.4) is 0 Å². The molecule has 1 heterocycles. The van der Waals surface area contributed by atoms with Crippen molar-refractivity contribution in [2.24, 2.45) is 0 Å². The first-order valence-corrected chi connectivity index (χ1v) is 5.35. The van der Waals surface area contributed by atoms with Crippen molar-refractivity contribution in [3.8, 4) is 0 Å². The molecule has 4 nitrogen and oxygen atoms in total. The summed E-state index contributed by atoms with van der Waals surface area (Å²) in [7, 11) is 0. The van der Waals surface area contributed by atoms with Crippen LogP contribution in [0, 0.1) is 0 Å². The SMILES string of the molecule is CC1(O)CCN(C(=O)NC2CCC2)C1. The lowest BCUT2D eigenvalue weighted by Crippen LogP contribution is -2.47. The van der Waals surface area contributed by atoms with E-state index in [1.807, 2.05) is 0 Å². The second-order valence-electron chi connectivity index (χ2n) is 4.75. The molecule has 1 saturated carbocycles. The van der Waals surface area contributed by atoms with Crippen molar-refractivity contribution < 1.29 is 9.90 Å². The van der Waals surface area contributed by atoms with Crippen molar-refractivity contribution in [1.29, 1.82) is 0 Å². The highest BCUT2D eigenvalue weighted by Gasteiger charge is 2.34. The Bertz CT molecular complexity index is 236. The van der Waals surface area contributed by atoms with E-state index in [1.54, 1.807) is 11.8 Å². The van der Waals surface area contributed by atoms with E-state index in [0.717, 1.165) is 12.8 Å². The first-order chi connectivity index (χ1) is 6.57. The topological polar surface area (TPSA) is 52.6 Å². The monoisotopic (exact) mass is 198 g/mol. The molecule has 0 aromatic rings. The maximum Gasteiger partial charge on any atom is 0.317 e. The number of nitrogens with one attached hydrogen (secondary N) is 1. The predicted molar refractivity (Wildman–Crippen MR) is 53.0 cm³/mol. The minimum Gasteiger partial charge on any atom is -0.388 e. The van der Waals surface area contributed by atoms with Crippen LogP contribution in [-0.4, -0.2) is 40.8 Å². The third-order valence-electron chi connectivity index (χ3n) is 3.17. The Labute approximate surface area is 84.3 Å². The average Bonchev–Trinajstić information content (AvgIpc) is 2.38. The zero-order chi connectivity index (χ0) is 10.2. The maximum atomic E-state index is 11.6. The number of carbonyl (C=O) groups is 1. The molecular weight excluding hydrogens is 180 g/mol. The van der Waals surface area contributed by atoms with Crippen molar-refractivity contribution in [3.05, 3.63) is 0 Å². The van der Waals surface area contributed by atoms with Gasteiger partial charge in [-0.05, 0) is 32.6 Å². The quantitative estimate of drug-likeness (QED) is 0.652. The number of carbonyl (C=O) groups excluding carboxylic acids is 1. The third kappa shape index (κ3) is 2.00. The molecule has 0 aromatic carbocycles. The Morgan fingerprint density at radius 3 is 2.71 bits per heavy atom. The number of aliphatic hydroxyl groups is 1. The molecule has 1 atom stereocenters. The van der Waals surface area contributed by atoms with Crippen LogP contribution in [0.2, 0.25) is 0 Å². The van der Waals surface area contributed by atoms with Crippen molar-refractivity contribution >= 4 is 6.03 Å². The van der Waals surface area contributed by atoms with Crippen LogP contribution in [0.15, 0.2) is 0 Å². The molecule has 2 fully saturated rings. The Morgan fingerprint density at radius 2 is 2.29 bits per heavy atom. The van der Waals surface area contributed by atoms with Crippen molar-refractivity contribution in [3.63, 3.8) is 0 Å². The number of hydrogen-bond donors (Lipinski definition) is 2. The summed E-state index contributed by atoms with van der Waals surface area (Å²) in [6, 6.07) is 0.375. The fourth-order valence-electron chi connectivity index (χ4n) is 1.94. The number of β-amino-alcohol motifs (C(OH)–C–C–N with tert-alkyl or cyclic N) is 1. The highest BCUT2D eigenvalue weighted by atomic mass is 16.3. The Balaban J connectivity index is 1.80. The summed E-state index contributed by atoms with van der Waals surface area (Å²) < 4.78 is 0. The number of hydrogen-bond acceptors (Lipinski definition) is 2. The predicted octanol–water partition coefficient (Wildman–Crippen LogP) is 0.705. The van der Waals surface area contributed by atoms with E-state index >= 15 is 0 Å². The summed E-state index contributed by atoms with van der Waals surface area (Å²) in [4.78, 5) is 13.3. The van der Waals surface area contributed by atoms with E-state index in [2.05, 4.69) is 5.32 Å². The fraction of sp³-hybridized carbons (Fsp3) is 0.900. The molecular formula is C10H18N2O2. The van der Waals surface area contributed by atoms with Crippen LogP contribution in [-0.2, 0) is 0 Å². The molecule has 2 N–H and O–H groups in total. The van der Waals surface area contributed by atoms with Crippen LogP contribution in [0.4, 0.5) is 4.79 Å². The Hall–Kier alpha value is -0.770. The van der Waals surface area contributed by atoms with Gasteiger partial charge in [-0.2, -0.15) is 0 Å². The molecule has 1 saturated heterocycles. The minimum absolute atomic E-state index is 0.00697. The zero-order valence-corrected chi connectivity index (χ0v) is 8.62. The number of amides is 2. The normalized spacial score (nSPS) is 32.9. The van der Waals surface area contributed by atoms with Crippen LogP contribution in [0.1, 0.15) is 32.6 Å². The van der Waals surface area contributed by atoms with Gasteiger partial charge < -0.3 is 15.3 Å². The Morgan fingerprint density at radius 1 is 1.57 bits per heavy atom. The largest absolute Gasteiger partial charge is 0.388 e. The van der Waals surface area contributed by atoms with E-state index < -0.39 is 5.60 Å². The lowest BCUT2D eigenvalue weighted by atomic mass is 9.93. The van der Waals surface area contributed by atoms with Gasteiger partial charge >= 0.3 is 6.03 Å².